The maximum absolute atomic E-state index is 12.2. The number of aromatic nitrogens is 1. The summed E-state index contributed by atoms with van der Waals surface area (Å²) in [5, 5.41) is 6.56. The van der Waals surface area contributed by atoms with E-state index in [1.165, 1.54) is 6.20 Å². The molecule has 6 nitrogen and oxygen atoms in total. The van der Waals surface area contributed by atoms with Gasteiger partial charge in [-0.25, -0.2) is 0 Å². The van der Waals surface area contributed by atoms with E-state index >= 15 is 0 Å². The van der Waals surface area contributed by atoms with Gasteiger partial charge in [0.15, 0.2) is 11.5 Å². The van der Waals surface area contributed by atoms with Crippen LogP contribution in [0.15, 0.2) is 35.0 Å². The maximum atomic E-state index is 12.2. The van der Waals surface area contributed by atoms with E-state index in [0.717, 1.165) is 31.2 Å². The van der Waals surface area contributed by atoms with Crippen molar-refractivity contribution >= 4 is 5.91 Å². The van der Waals surface area contributed by atoms with Crippen LogP contribution in [0.3, 0.4) is 0 Å². The highest BCUT2D eigenvalue weighted by molar-refractivity contribution is 5.91. The van der Waals surface area contributed by atoms with E-state index in [4.69, 9.17) is 14.0 Å². The molecule has 0 spiro atoms. The van der Waals surface area contributed by atoms with E-state index in [2.05, 4.69) is 16.5 Å². The Kier molecular flexibility index (Phi) is 4.74. The van der Waals surface area contributed by atoms with E-state index in [-0.39, 0.29) is 17.1 Å². The number of amides is 1. The number of carbonyl (C=O) groups excluding carboxylic acids is 1. The number of methoxy groups -OCH3 is 2. The van der Waals surface area contributed by atoms with Gasteiger partial charge < -0.3 is 19.3 Å². The molecule has 1 aromatic carbocycles. The molecular weight excluding hydrogens is 308 g/mol. The monoisotopic (exact) mass is 330 g/mol. The molecule has 0 bridgehead atoms. The quantitative estimate of drug-likeness (QED) is 0.881. The molecule has 3 rings (SSSR count). The molecule has 1 aliphatic rings. The van der Waals surface area contributed by atoms with Crippen molar-refractivity contribution in [1.82, 2.24) is 10.5 Å². The number of hydrogen-bond acceptors (Lipinski definition) is 5. The molecule has 0 radical (unpaired) electrons. The minimum atomic E-state index is -0.237. The largest absolute Gasteiger partial charge is 0.493 e. The number of rotatable bonds is 6. The first-order chi connectivity index (χ1) is 11.7. The van der Waals surface area contributed by atoms with Crippen molar-refractivity contribution in [3.63, 3.8) is 0 Å². The predicted molar refractivity (Wildman–Crippen MR) is 88.5 cm³/mol. The Morgan fingerprint density at radius 1 is 1.21 bits per heavy atom. The average molecular weight is 330 g/mol. The fourth-order valence-corrected chi connectivity index (χ4v) is 3.45. The fraction of sp³-hybridized carbons (Fsp3) is 0.444. The molecule has 2 aromatic rings. The molecule has 1 N–H and O–H groups in total. The highest BCUT2D eigenvalue weighted by Crippen LogP contribution is 2.43. The summed E-state index contributed by atoms with van der Waals surface area (Å²) >= 11 is 0. The summed E-state index contributed by atoms with van der Waals surface area (Å²) in [7, 11) is 3.26. The van der Waals surface area contributed by atoms with Gasteiger partial charge >= 0.3 is 0 Å². The number of nitrogens with zero attached hydrogens (tertiary/aromatic N) is 1. The van der Waals surface area contributed by atoms with E-state index < -0.39 is 0 Å². The van der Waals surface area contributed by atoms with Crippen LogP contribution in [0.2, 0.25) is 0 Å². The lowest BCUT2D eigenvalue weighted by Crippen LogP contribution is -2.39. The first-order valence-electron chi connectivity index (χ1n) is 8.10. The Bertz CT molecular complexity index is 691. The molecule has 24 heavy (non-hydrogen) atoms. The first kappa shape index (κ1) is 16.4. The highest BCUT2D eigenvalue weighted by Gasteiger charge is 2.36. The van der Waals surface area contributed by atoms with Gasteiger partial charge in [0, 0.05) is 18.0 Å². The summed E-state index contributed by atoms with van der Waals surface area (Å²) in [6, 6.07) is 7.57. The number of hydrogen-bond donors (Lipinski definition) is 1. The average Bonchev–Trinajstić information content (AvgIpc) is 3.31. The molecule has 6 heteroatoms. The molecule has 1 amide bonds. The third-order valence-corrected chi connectivity index (χ3v) is 4.81. The van der Waals surface area contributed by atoms with E-state index in [1.807, 2.05) is 12.1 Å². The van der Waals surface area contributed by atoms with Gasteiger partial charge in [-0.05, 0) is 30.5 Å². The van der Waals surface area contributed by atoms with E-state index in [0.29, 0.717) is 18.0 Å². The van der Waals surface area contributed by atoms with Crippen molar-refractivity contribution in [2.75, 3.05) is 20.8 Å². The van der Waals surface area contributed by atoms with Gasteiger partial charge in [-0.2, -0.15) is 0 Å². The standard InChI is InChI=1S/C18H22N2O4/c1-22-14-6-5-13(11-16(14)23-2)18(8-3-4-9-18)12-19-17(21)15-7-10-20-24-15/h5-7,10-11H,3-4,8-9,12H2,1-2H3,(H,19,21). The van der Waals surface area contributed by atoms with Crippen LogP contribution in [-0.2, 0) is 5.41 Å². The molecule has 1 saturated carbocycles. The van der Waals surface area contributed by atoms with Gasteiger partial charge in [0.05, 0.1) is 20.4 Å². The smallest absolute Gasteiger partial charge is 0.289 e. The Hall–Kier alpha value is -2.50. The van der Waals surface area contributed by atoms with Gasteiger partial charge in [0.2, 0.25) is 5.76 Å². The lowest BCUT2D eigenvalue weighted by molar-refractivity contribution is 0.0906. The second kappa shape index (κ2) is 6.95. The Balaban J connectivity index is 1.82. The van der Waals surface area contributed by atoms with Gasteiger partial charge in [0.1, 0.15) is 0 Å². The molecule has 0 aliphatic heterocycles. The first-order valence-corrected chi connectivity index (χ1v) is 8.10. The van der Waals surface area contributed by atoms with Crippen LogP contribution >= 0.6 is 0 Å². The molecule has 1 aliphatic carbocycles. The van der Waals surface area contributed by atoms with Gasteiger partial charge in [-0.3, -0.25) is 4.79 Å². The highest BCUT2D eigenvalue weighted by atomic mass is 16.5. The molecule has 1 aromatic heterocycles. The molecule has 1 fully saturated rings. The maximum Gasteiger partial charge on any atom is 0.289 e. The van der Waals surface area contributed by atoms with Gasteiger partial charge in [0.25, 0.3) is 5.91 Å². The molecule has 0 saturated heterocycles. The summed E-state index contributed by atoms with van der Waals surface area (Å²) in [6.07, 6.45) is 5.81. The van der Waals surface area contributed by atoms with Crippen molar-refractivity contribution in [2.45, 2.75) is 31.1 Å². The zero-order valence-electron chi connectivity index (χ0n) is 14.0. The summed E-state index contributed by atoms with van der Waals surface area (Å²) in [5.41, 5.74) is 1.07. The minimum absolute atomic E-state index is 0.0881. The van der Waals surface area contributed by atoms with Crippen LogP contribution in [0.25, 0.3) is 0 Å². The van der Waals surface area contributed by atoms with Gasteiger partial charge in [-0.1, -0.05) is 24.1 Å². The minimum Gasteiger partial charge on any atom is -0.493 e. The molecule has 0 unspecified atom stereocenters. The lowest BCUT2D eigenvalue weighted by Gasteiger charge is -2.30. The Morgan fingerprint density at radius 3 is 2.58 bits per heavy atom. The van der Waals surface area contributed by atoms with Crippen LogP contribution in [0.5, 0.6) is 11.5 Å². The predicted octanol–water partition coefficient (Wildman–Crippen LogP) is 2.93. The van der Waals surface area contributed by atoms with E-state index in [1.54, 1.807) is 20.3 Å². The van der Waals surface area contributed by atoms with Crippen molar-refractivity contribution < 1.29 is 18.8 Å². The van der Waals surface area contributed by atoms with Crippen molar-refractivity contribution in [1.29, 1.82) is 0 Å². The van der Waals surface area contributed by atoms with Crippen LogP contribution in [0.4, 0.5) is 0 Å². The summed E-state index contributed by atoms with van der Waals surface area (Å²) < 4.78 is 15.7. The van der Waals surface area contributed by atoms with Crippen molar-refractivity contribution in [3.05, 3.63) is 41.8 Å². The van der Waals surface area contributed by atoms with E-state index in [9.17, 15) is 4.79 Å². The molecule has 1 heterocycles. The third kappa shape index (κ3) is 3.09. The zero-order valence-corrected chi connectivity index (χ0v) is 14.0. The van der Waals surface area contributed by atoms with Crippen molar-refractivity contribution in [3.8, 4) is 11.5 Å². The van der Waals surface area contributed by atoms with Gasteiger partial charge in [-0.15, -0.1) is 0 Å². The number of ether oxygens (including phenoxy) is 2. The summed E-state index contributed by atoms with van der Waals surface area (Å²) in [4.78, 5) is 12.2. The summed E-state index contributed by atoms with van der Waals surface area (Å²) in [6.45, 7) is 0.558. The second-order valence-corrected chi connectivity index (χ2v) is 6.12. The summed E-state index contributed by atoms with van der Waals surface area (Å²) in [5.74, 6) is 1.41. The normalized spacial score (nSPS) is 15.9. The number of nitrogens with one attached hydrogen (secondary N) is 1. The van der Waals surface area contributed by atoms with Crippen LogP contribution in [0, 0.1) is 0 Å². The number of carbonyl (C=O) groups is 1. The molecule has 128 valence electrons. The second-order valence-electron chi connectivity index (χ2n) is 6.12. The van der Waals surface area contributed by atoms with Crippen LogP contribution in [0.1, 0.15) is 41.8 Å². The lowest BCUT2D eigenvalue weighted by atomic mass is 9.78. The zero-order chi connectivity index (χ0) is 17.0. The van der Waals surface area contributed by atoms with Crippen molar-refractivity contribution in [2.24, 2.45) is 0 Å². The number of benzene rings is 1. The third-order valence-electron chi connectivity index (χ3n) is 4.81. The van der Waals surface area contributed by atoms with Crippen LogP contribution in [-0.4, -0.2) is 31.8 Å². The molecular formula is C18H22N2O4. The molecule has 0 atom stereocenters. The fourth-order valence-electron chi connectivity index (χ4n) is 3.45. The Morgan fingerprint density at radius 2 is 1.96 bits per heavy atom. The topological polar surface area (TPSA) is 73.6 Å². The SMILES string of the molecule is COc1ccc(C2(CNC(=O)c3ccno3)CCCC2)cc1OC. The Labute approximate surface area is 141 Å². The van der Waals surface area contributed by atoms with Crippen LogP contribution < -0.4 is 14.8 Å².